The first-order valence-electron chi connectivity index (χ1n) is 8.78. The molecular weight excluding hydrogens is 319 g/mol. The second-order valence-corrected chi connectivity index (χ2v) is 6.90. The van der Waals surface area contributed by atoms with Crippen LogP contribution in [0.25, 0.3) is 0 Å². The summed E-state index contributed by atoms with van der Waals surface area (Å²) in [5.41, 5.74) is 1.67. The highest BCUT2D eigenvalue weighted by atomic mass is 19.1. The summed E-state index contributed by atoms with van der Waals surface area (Å²) in [7, 11) is 1.86. The number of amides is 1. The molecule has 0 spiro atoms. The maximum absolute atomic E-state index is 13.1. The Kier molecular flexibility index (Phi) is 5.23. The van der Waals surface area contributed by atoms with Gasteiger partial charge in [0.15, 0.2) is 0 Å². The van der Waals surface area contributed by atoms with Crippen LogP contribution >= 0.6 is 0 Å². The molecule has 1 aliphatic heterocycles. The van der Waals surface area contributed by atoms with E-state index in [1.165, 1.54) is 12.1 Å². The molecule has 1 aliphatic rings. The van der Waals surface area contributed by atoms with Crippen molar-refractivity contribution in [1.29, 1.82) is 0 Å². The minimum atomic E-state index is -0.252. The van der Waals surface area contributed by atoms with E-state index in [4.69, 9.17) is 4.74 Å². The molecule has 1 amide bonds. The summed E-state index contributed by atoms with van der Waals surface area (Å²) in [4.78, 5) is 14.8. The number of ether oxygens (including phenoxy) is 1. The molecule has 2 aromatic rings. The standard InChI is InChI=1S/C20H25FN2O2/c1-14(2)23-11-4-5-18(23)20(24)22(3)17-10-12-25-19(13-17)15-6-8-16(21)9-7-15/h4-9,11,14,17,19H,10,12-13H2,1-3H3/t17-,19+/m1/s1. The first kappa shape index (κ1) is 17.7. The van der Waals surface area contributed by atoms with Gasteiger partial charge in [-0.05, 0) is 56.5 Å². The molecule has 2 heterocycles. The predicted octanol–water partition coefficient (Wildman–Crippen LogP) is 4.20. The molecule has 0 bridgehead atoms. The van der Waals surface area contributed by atoms with Crippen LogP contribution in [0.15, 0.2) is 42.6 Å². The zero-order valence-electron chi connectivity index (χ0n) is 15.0. The predicted molar refractivity (Wildman–Crippen MR) is 95.0 cm³/mol. The smallest absolute Gasteiger partial charge is 0.270 e. The molecular formula is C20H25FN2O2. The van der Waals surface area contributed by atoms with Crippen molar-refractivity contribution in [3.8, 4) is 0 Å². The van der Waals surface area contributed by atoms with E-state index in [9.17, 15) is 9.18 Å². The molecule has 134 valence electrons. The molecule has 0 saturated carbocycles. The van der Waals surface area contributed by atoms with Gasteiger partial charge in [0.2, 0.25) is 0 Å². The molecule has 1 aromatic carbocycles. The van der Waals surface area contributed by atoms with Crippen LogP contribution in [0, 0.1) is 5.82 Å². The molecule has 0 N–H and O–H groups in total. The second-order valence-electron chi connectivity index (χ2n) is 6.90. The summed E-state index contributed by atoms with van der Waals surface area (Å²) < 4.78 is 21.0. The Morgan fingerprint density at radius 2 is 2.00 bits per heavy atom. The Labute approximate surface area is 148 Å². The number of rotatable bonds is 4. The lowest BCUT2D eigenvalue weighted by molar-refractivity contribution is -0.0199. The highest BCUT2D eigenvalue weighted by Gasteiger charge is 2.30. The van der Waals surface area contributed by atoms with Gasteiger partial charge in [-0.15, -0.1) is 0 Å². The SMILES string of the molecule is CC(C)n1cccc1C(=O)N(C)[C@@H]1CCO[C@H](c2ccc(F)cc2)C1. The van der Waals surface area contributed by atoms with Gasteiger partial charge in [-0.2, -0.15) is 0 Å². The van der Waals surface area contributed by atoms with Crippen molar-refractivity contribution in [2.24, 2.45) is 0 Å². The Morgan fingerprint density at radius 3 is 2.68 bits per heavy atom. The Hall–Kier alpha value is -2.14. The molecule has 4 nitrogen and oxygen atoms in total. The largest absolute Gasteiger partial charge is 0.373 e. The molecule has 1 aromatic heterocycles. The summed E-state index contributed by atoms with van der Waals surface area (Å²) in [5, 5.41) is 0. The average Bonchev–Trinajstić information content (AvgIpc) is 3.11. The van der Waals surface area contributed by atoms with Gasteiger partial charge in [0.05, 0.1) is 6.10 Å². The fraction of sp³-hybridized carbons (Fsp3) is 0.450. The summed E-state index contributed by atoms with van der Waals surface area (Å²) >= 11 is 0. The zero-order valence-corrected chi connectivity index (χ0v) is 15.0. The van der Waals surface area contributed by atoms with Crippen molar-refractivity contribution in [3.63, 3.8) is 0 Å². The van der Waals surface area contributed by atoms with Crippen molar-refractivity contribution >= 4 is 5.91 Å². The Bertz CT molecular complexity index is 724. The van der Waals surface area contributed by atoms with Crippen LogP contribution in [-0.2, 0) is 4.74 Å². The average molecular weight is 344 g/mol. The minimum absolute atomic E-state index is 0.0310. The van der Waals surface area contributed by atoms with Crippen molar-refractivity contribution in [1.82, 2.24) is 9.47 Å². The fourth-order valence-corrected chi connectivity index (χ4v) is 3.41. The van der Waals surface area contributed by atoms with E-state index in [0.29, 0.717) is 12.3 Å². The first-order chi connectivity index (χ1) is 12.0. The number of nitrogens with zero attached hydrogens (tertiary/aromatic N) is 2. The van der Waals surface area contributed by atoms with Crippen LogP contribution in [0.2, 0.25) is 0 Å². The molecule has 0 aliphatic carbocycles. The van der Waals surface area contributed by atoms with Crippen LogP contribution in [0.5, 0.6) is 0 Å². The third kappa shape index (κ3) is 3.76. The van der Waals surface area contributed by atoms with Crippen molar-refractivity contribution in [2.45, 2.75) is 44.9 Å². The number of halogens is 1. The third-order valence-corrected chi connectivity index (χ3v) is 4.92. The molecule has 0 radical (unpaired) electrons. The molecule has 3 rings (SSSR count). The van der Waals surface area contributed by atoms with E-state index in [0.717, 1.165) is 18.4 Å². The van der Waals surface area contributed by atoms with Crippen LogP contribution in [0.4, 0.5) is 4.39 Å². The van der Waals surface area contributed by atoms with E-state index in [2.05, 4.69) is 13.8 Å². The second kappa shape index (κ2) is 7.40. The van der Waals surface area contributed by atoms with Gasteiger partial charge in [0.25, 0.3) is 5.91 Å². The zero-order chi connectivity index (χ0) is 18.0. The number of benzene rings is 1. The van der Waals surface area contributed by atoms with E-state index in [1.54, 1.807) is 12.1 Å². The molecule has 5 heteroatoms. The lowest BCUT2D eigenvalue weighted by Gasteiger charge is -2.36. The van der Waals surface area contributed by atoms with E-state index >= 15 is 0 Å². The maximum atomic E-state index is 13.1. The normalized spacial score (nSPS) is 20.7. The van der Waals surface area contributed by atoms with Crippen molar-refractivity contribution in [2.75, 3.05) is 13.7 Å². The fourth-order valence-electron chi connectivity index (χ4n) is 3.41. The molecule has 0 unspecified atom stereocenters. The molecule has 2 atom stereocenters. The third-order valence-electron chi connectivity index (χ3n) is 4.92. The number of hydrogen-bond acceptors (Lipinski definition) is 2. The summed E-state index contributed by atoms with van der Waals surface area (Å²) in [6.45, 7) is 4.72. The first-order valence-corrected chi connectivity index (χ1v) is 8.78. The summed E-state index contributed by atoms with van der Waals surface area (Å²) in [6, 6.07) is 10.5. The number of carbonyl (C=O) groups is 1. The van der Waals surface area contributed by atoms with Gasteiger partial charge < -0.3 is 14.2 Å². The van der Waals surface area contributed by atoms with Gasteiger partial charge in [-0.3, -0.25) is 4.79 Å². The van der Waals surface area contributed by atoms with Gasteiger partial charge in [-0.1, -0.05) is 12.1 Å². The lowest BCUT2D eigenvalue weighted by atomic mass is 9.96. The van der Waals surface area contributed by atoms with Gasteiger partial charge in [0.1, 0.15) is 11.5 Å². The maximum Gasteiger partial charge on any atom is 0.270 e. The highest BCUT2D eigenvalue weighted by Crippen LogP contribution is 2.31. The van der Waals surface area contributed by atoms with Gasteiger partial charge >= 0.3 is 0 Å². The monoisotopic (exact) mass is 344 g/mol. The minimum Gasteiger partial charge on any atom is -0.373 e. The van der Waals surface area contributed by atoms with Crippen LogP contribution in [0.1, 0.15) is 54.9 Å². The van der Waals surface area contributed by atoms with E-state index in [1.807, 2.05) is 34.8 Å². The topological polar surface area (TPSA) is 34.5 Å². The Morgan fingerprint density at radius 1 is 1.28 bits per heavy atom. The Balaban J connectivity index is 1.73. The van der Waals surface area contributed by atoms with Gasteiger partial charge in [-0.25, -0.2) is 4.39 Å². The van der Waals surface area contributed by atoms with E-state index in [-0.39, 0.29) is 29.9 Å². The van der Waals surface area contributed by atoms with Gasteiger partial charge in [0, 0.05) is 31.9 Å². The van der Waals surface area contributed by atoms with Crippen molar-refractivity contribution < 1.29 is 13.9 Å². The lowest BCUT2D eigenvalue weighted by Crippen LogP contribution is -2.42. The van der Waals surface area contributed by atoms with Crippen LogP contribution < -0.4 is 0 Å². The number of hydrogen-bond donors (Lipinski definition) is 0. The molecule has 1 saturated heterocycles. The number of carbonyl (C=O) groups excluding carboxylic acids is 1. The molecule has 25 heavy (non-hydrogen) atoms. The van der Waals surface area contributed by atoms with Crippen LogP contribution in [0.3, 0.4) is 0 Å². The summed E-state index contributed by atoms with van der Waals surface area (Å²) in [6.07, 6.45) is 3.36. The van der Waals surface area contributed by atoms with Crippen molar-refractivity contribution in [3.05, 3.63) is 59.7 Å². The summed E-state index contributed by atoms with van der Waals surface area (Å²) in [5.74, 6) is -0.221. The quantitative estimate of drug-likeness (QED) is 0.833. The molecule has 1 fully saturated rings. The highest BCUT2D eigenvalue weighted by molar-refractivity contribution is 5.92. The van der Waals surface area contributed by atoms with E-state index < -0.39 is 0 Å². The van der Waals surface area contributed by atoms with Crippen LogP contribution in [-0.4, -0.2) is 35.1 Å². The number of aromatic nitrogens is 1.